The lowest BCUT2D eigenvalue weighted by Gasteiger charge is -2.33. The molecule has 1 aliphatic rings. The zero-order chi connectivity index (χ0) is 32.1. The zero-order valence-corrected chi connectivity index (χ0v) is 27.1. The molecule has 0 amide bonds. The number of hydrogen-bond acceptors (Lipinski definition) is 8. The summed E-state index contributed by atoms with van der Waals surface area (Å²) in [7, 11) is 2.86. The molecule has 1 heterocycles. The second kappa shape index (κ2) is 18.2. The van der Waals surface area contributed by atoms with E-state index in [1.54, 1.807) is 32.1 Å². The predicted molar refractivity (Wildman–Crippen MR) is 165 cm³/mol. The lowest BCUT2D eigenvalue weighted by molar-refractivity contribution is -0.162. The molecule has 0 aromatic carbocycles. The van der Waals surface area contributed by atoms with Gasteiger partial charge >= 0.3 is 5.97 Å². The number of ketones is 1. The molecule has 1 aliphatic heterocycles. The highest BCUT2D eigenvalue weighted by atomic mass is 16.6. The van der Waals surface area contributed by atoms with Gasteiger partial charge < -0.3 is 29.5 Å². The van der Waals surface area contributed by atoms with Crippen molar-refractivity contribution in [3.63, 3.8) is 0 Å². The van der Waals surface area contributed by atoms with Crippen LogP contribution in [0.2, 0.25) is 0 Å². The number of cyclic esters (lactones) is 1. The van der Waals surface area contributed by atoms with E-state index in [-0.39, 0.29) is 29.3 Å². The fraction of sp³-hybridized carbons (Fsp3) is 0.647. The molecule has 0 aromatic heterocycles. The first-order valence-corrected chi connectivity index (χ1v) is 15.0. The molecule has 0 radical (unpaired) electrons. The summed E-state index contributed by atoms with van der Waals surface area (Å²) >= 11 is 0. The minimum Gasteiger partial charge on any atom is -0.490 e. The number of ether oxygens (including phenoxy) is 3. The summed E-state index contributed by atoms with van der Waals surface area (Å²) in [5, 5.41) is 32.2. The van der Waals surface area contributed by atoms with Crippen molar-refractivity contribution < 1.29 is 39.1 Å². The number of hydrogen-bond donors (Lipinski definition) is 3. The molecule has 8 nitrogen and oxygen atoms in total. The van der Waals surface area contributed by atoms with Gasteiger partial charge in [0.1, 0.15) is 12.2 Å². The Labute approximate surface area is 252 Å². The highest BCUT2D eigenvalue weighted by Crippen LogP contribution is 2.27. The van der Waals surface area contributed by atoms with Crippen LogP contribution in [0.3, 0.4) is 0 Å². The van der Waals surface area contributed by atoms with Crippen molar-refractivity contribution in [1.82, 2.24) is 0 Å². The van der Waals surface area contributed by atoms with Crippen molar-refractivity contribution in [3.8, 4) is 0 Å². The molecule has 3 N–H and O–H groups in total. The molecule has 0 fully saturated rings. The number of carbonyl (C=O) groups excluding carboxylic acids is 2. The highest BCUT2D eigenvalue weighted by molar-refractivity contribution is 5.92. The van der Waals surface area contributed by atoms with E-state index in [1.807, 2.05) is 59.8 Å². The van der Waals surface area contributed by atoms with Gasteiger partial charge in [0.25, 0.3) is 0 Å². The number of rotatable bonds is 10. The van der Waals surface area contributed by atoms with Gasteiger partial charge in [0.15, 0.2) is 5.78 Å². The number of esters is 1. The summed E-state index contributed by atoms with van der Waals surface area (Å²) in [5.41, 5.74) is 1.78. The van der Waals surface area contributed by atoms with Crippen molar-refractivity contribution >= 4 is 11.8 Å². The quantitative estimate of drug-likeness (QED) is 0.237. The fourth-order valence-corrected chi connectivity index (χ4v) is 5.21. The summed E-state index contributed by atoms with van der Waals surface area (Å²) in [4.78, 5) is 26.3. The Kier molecular flexibility index (Phi) is 16.3. The normalized spacial score (nSPS) is 28.5. The van der Waals surface area contributed by atoms with E-state index in [0.29, 0.717) is 12.8 Å². The molecular weight excluding hydrogens is 536 g/mol. The van der Waals surface area contributed by atoms with E-state index in [2.05, 4.69) is 0 Å². The first-order valence-electron chi connectivity index (χ1n) is 15.0. The second-order valence-electron chi connectivity index (χ2n) is 11.9. The number of allylic oxidation sites excluding steroid dienone is 6. The van der Waals surface area contributed by atoms with E-state index in [4.69, 9.17) is 14.2 Å². The van der Waals surface area contributed by atoms with Crippen molar-refractivity contribution in [2.75, 3.05) is 14.2 Å². The summed E-state index contributed by atoms with van der Waals surface area (Å²) in [6.07, 6.45) is 9.24. The third-order valence-corrected chi connectivity index (χ3v) is 8.20. The monoisotopic (exact) mass is 590 g/mol. The molecule has 0 aromatic rings. The standard InChI is InChI=1S/C34H54O8/c1-11-27(35)22(4)15-16-28(36)25(7)32(38)26(8)33-29(40-9)14-12-13-20(2)17-23(5)31(37)24(6)18-21(3)19-30(41-10)34(39)42-33/h12-16,18-19,22-27,29,31-33,35,37-38H,11,17H2,1-10H3/b14-12?,16-15+,20-13?,21-18?,30-19?/t22?,23-,24?,25?,26?,27?,29-,31?,32?,33?/m0/s1. The van der Waals surface area contributed by atoms with Crippen molar-refractivity contribution in [3.05, 3.63) is 59.4 Å². The van der Waals surface area contributed by atoms with Gasteiger partial charge in [0, 0.05) is 30.8 Å². The minimum atomic E-state index is -1.17. The Morgan fingerprint density at radius 1 is 1.17 bits per heavy atom. The van der Waals surface area contributed by atoms with Crippen LogP contribution in [-0.2, 0) is 23.8 Å². The maximum atomic E-state index is 13.3. The van der Waals surface area contributed by atoms with Crippen molar-refractivity contribution in [2.45, 2.75) is 98.8 Å². The molecule has 0 saturated carbocycles. The molecule has 0 bridgehead atoms. The Balaban J connectivity index is 3.47. The summed E-state index contributed by atoms with van der Waals surface area (Å²) in [6.45, 7) is 14.8. The number of aliphatic hydroxyl groups excluding tert-OH is 3. The van der Waals surface area contributed by atoms with E-state index in [0.717, 1.165) is 11.1 Å². The largest absolute Gasteiger partial charge is 0.490 e. The first kappa shape index (κ1) is 37.5. The maximum absolute atomic E-state index is 13.3. The van der Waals surface area contributed by atoms with Gasteiger partial charge in [-0.3, -0.25) is 4.79 Å². The predicted octanol–water partition coefficient (Wildman–Crippen LogP) is 5.09. The number of aliphatic hydroxyl groups is 3. The molecule has 8 unspecified atom stereocenters. The molecular formula is C34H54O8. The molecule has 0 spiro atoms. The molecule has 10 atom stereocenters. The number of carbonyl (C=O) groups is 2. The SMILES string of the molecule is CCC(O)C(C)/C=C/C(=O)C(C)C(O)C(C)C1OC(=O)C(OC)=CC(C)=CC(C)C(O)[C@@H](C)CC(C)=CC=C[C@@H]1OC. The van der Waals surface area contributed by atoms with E-state index >= 15 is 0 Å². The topological polar surface area (TPSA) is 123 Å². The fourth-order valence-electron chi connectivity index (χ4n) is 5.21. The van der Waals surface area contributed by atoms with Crippen LogP contribution in [0, 0.1) is 29.6 Å². The van der Waals surface area contributed by atoms with Gasteiger partial charge in [0.2, 0.25) is 5.76 Å². The van der Waals surface area contributed by atoms with Gasteiger partial charge in [-0.2, -0.15) is 0 Å². The average molecular weight is 591 g/mol. The van der Waals surface area contributed by atoms with Gasteiger partial charge in [0.05, 0.1) is 25.4 Å². The molecule has 238 valence electrons. The lowest BCUT2D eigenvalue weighted by atomic mass is 9.84. The smallest absolute Gasteiger partial charge is 0.373 e. The van der Waals surface area contributed by atoms with Crippen LogP contribution in [0.25, 0.3) is 0 Å². The molecule has 1 rings (SSSR count). The first-order chi connectivity index (χ1) is 19.7. The highest BCUT2D eigenvalue weighted by Gasteiger charge is 2.38. The van der Waals surface area contributed by atoms with Crippen LogP contribution in [0.4, 0.5) is 0 Å². The van der Waals surface area contributed by atoms with Crippen LogP contribution in [0.5, 0.6) is 0 Å². The summed E-state index contributed by atoms with van der Waals surface area (Å²) < 4.78 is 17.0. The molecule has 0 saturated heterocycles. The minimum absolute atomic E-state index is 0.000107. The van der Waals surface area contributed by atoms with E-state index in [1.165, 1.54) is 20.3 Å². The van der Waals surface area contributed by atoms with Gasteiger partial charge in [-0.15, -0.1) is 0 Å². The van der Waals surface area contributed by atoms with E-state index in [9.17, 15) is 24.9 Å². The third-order valence-electron chi connectivity index (χ3n) is 8.20. The van der Waals surface area contributed by atoms with Crippen LogP contribution < -0.4 is 0 Å². The average Bonchev–Trinajstić information content (AvgIpc) is 2.96. The van der Waals surface area contributed by atoms with Crippen LogP contribution >= 0.6 is 0 Å². The summed E-state index contributed by atoms with van der Waals surface area (Å²) in [5.74, 6) is -2.96. The Bertz CT molecular complexity index is 1020. The Morgan fingerprint density at radius 3 is 2.38 bits per heavy atom. The van der Waals surface area contributed by atoms with Gasteiger partial charge in [-0.1, -0.05) is 83.1 Å². The maximum Gasteiger partial charge on any atom is 0.373 e. The van der Waals surface area contributed by atoms with E-state index < -0.39 is 48.3 Å². The van der Waals surface area contributed by atoms with Gasteiger partial charge in [-0.05, 0) is 44.8 Å². The van der Waals surface area contributed by atoms with Crippen LogP contribution in [0.1, 0.15) is 68.2 Å². The van der Waals surface area contributed by atoms with Crippen LogP contribution in [0.15, 0.2) is 59.4 Å². The Hall–Kier alpha value is -2.52. The Morgan fingerprint density at radius 2 is 1.81 bits per heavy atom. The molecule has 8 heteroatoms. The molecule has 0 aliphatic carbocycles. The van der Waals surface area contributed by atoms with Gasteiger partial charge in [-0.25, -0.2) is 4.79 Å². The molecule has 42 heavy (non-hydrogen) atoms. The summed E-state index contributed by atoms with van der Waals surface area (Å²) in [6, 6.07) is 0. The lowest BCUT2D eigenvalue weighted by Crippen LogP contribution is -2.45. The second-order valence-corrected chi connectivity index (χ2v) is 11.9. The van der Waals surface area contributed by atoms with Crippen molar-refractivity contribution in [1.29, 1.82) is 0 Å². The van der Waals surface area contributed by atoms with Crippen LogP contribution in [-0.4, -0.2) is 71.8 Å². The third kappa shape index (κ3) is 11.3. The zero-order valence-electron chi connectivity index (χ0n) is 27.1. The van der Waals surface area contributed by atoms with Crippen molar-refractivity contribution in [2.24, 2.45) is 29.6 Å². The number of methoxy groups -OCH3 is 2.